The minimum absolute atomic E-state index is 0.165. The van der Waals surface area contributed by atoms with Crippen molar-refractivity contribution in [2.24, 2.45) is 0 Å². The molecular formula is C20H19N3O3. The van der Waals surface area contributed by atoms with E-state index in [1.807, 2.05) is 36.4 Å². The number of benzene rings is 2. The molecule has 0 aliphatic rings. The minimum Gasteiger partial charge on any atom is -0.497 e. The van der Waals surface area contributed by atoms with Gasteiger partial charge in [-0.25, -0.2) is 0 Å². The van der Waals surface area contributed by atoms with Gasteiger partial charge in [-0.2, -0.15) is 0 Å². The monoisotopic (exact) mass is 349 g/mol. The molecule has 0 spiro atoms. The van der Waals surface area contributed by atoms with Gasteiger partial charge in [-0.05, 0) is 30.3 Å². The fourth-order valence-electron chi connectivity index (χ4n) is 2.32. The number of nitrogens with zero attached hydrogens (tertiary/aromatic N) is 2. The van der Waals surface area contributed by atoms with Crippen molar-refractivity contribution in [2.45, 2.75) is 0 Å². The van der Waals surface area contributed by atoms with Crippen LogP contribution < -0.4 is 14.8 Å². The Labute approximate surface area is 151 Å². The van der Waals surface area contributed by atoms with Gasteiger partial charge in [-0.15, -0.1) is 10.2 Å². The Kier molecular flexibility index (Phi) is 5.77. The lowest BCUT2D eigenvalue weighted by molar-refractivity contribution is 0.0946. The first-order valence-electron chi connectivity index (χ1n) is 8.20. The van der Waals surface area contributed by atoms with Crippen LogP contribution in [-0.2, 0) is 0 Å². The van der Waals surface area contributed by atoms with Crippen LogP contribution in [0.1, 0.15) is 10.4 Å². The lowest BCUT2D eigenvalue weighted by atomic mass is 10.1. The van der Waals surface area contributed by atoms with Gasteiger partial charge in [0, 0.05) is 17.2 Å². The highest BCUT2D eigenvalue weighted by molar-refractivity contribution is 5.94. The molecule has 1 aromatic heterocycles. The van der Waals surface area contributed by atoms with Crippen molar-refractivity contribution >= 4 is 5.91 Å². The van der Waals surface area contributed by atoms with E-state index in [-0.39, 0.29) is 5.91 Å². The molecule has 6 nitrogen and oxygen atoms in total. The number of hydrogen-bond donors (Lipinski definition) is 1. The van der Waals surface area contributed by atoms with Gasteiger partial charge in [-0.3, -0.25) is 4.79 Å². The molecule has 0 saturated heterocycles. The van der Waals surface area contributed by atoms with Crippen LogP contribution in [0.4, 0.5) is 0 Å². The zero-order valence-electron chi connectivity index (χ0n) is 14.4. The van der Waals surface area contributed by atoms with Crippen LogP contribution in [-0.4, -0.2) is 36.4 Å². The fraction of sp³-hybridized carbons (Fsp3) is 0.150. The number of rotatable bonds is 7. The second-order valence-corrected chi connectivity index (χ2v) is 5.46. The van der Waals surface area contributed by atoms with Crippen LogP contribution in [0.3, 0.4) is 0 Å². The maximum atomic E-state index is 12.0. The number of methoxy groups -OCH3 is 1. The summed E-state index contributed by atoms with van der Waals surface area (Å²) in [5, 5.41) is 11.0. The molecule has 2 aromatic carbocycles. The van der Waals surface area contributed by atoms with Gasteiger partial charge in [0.2, 0.25) is 5.88 Å². The number of amides is 1. The Morgan fingerprint density at radius 3 is 2.38 bits per heavy atom. The smallest absolute Gasteiger partial charge is 0.251 e. The number of carbonyl (C=O) groups is 1. The molecule has 0 aliphatic heterocycles. The fourth-order valence-corrected chi connectivity index (χ4v) is 2.32. The summed E-state index contributed by atoms with van der Waals surface area (Å²) in [7, 11) is 1.59. The molecule has 0 unspecified atom stereocenters. The van der Waals surface area contributed by atoms with E-state index in [1.165, 1.54) is 0 Å². The molecule has 0 aliphatic carbocycles. The highest BCUT2D eigenvalue weighted by Gasteiger charge is 2.05. The summed E-state index contributed by atoms with van der Waals surface area (Å²) in [6, 6.07) is 20.3. The zero-order valence-corrected chi connectivity index (χ0v) is 14.4. The topological polar surface area (TPSA) is 73.3 Å². The Balaban J connectivity index is 1.45. The van der Waals surface area contributed by atoms with Crippen LogP contribution in [0.15, 0.2) is 66.7 Å². The summed E-state index contributed by atoms with van der Waals surface area (Å²) in [6.45, 7) is 0.675. The molecular weight excluding hydrogens is 330 g/mol. The molecule has 3 rings (SSSR count). The molecule has 132 valence electrons. The first-order chi connectivity index (χ1) is 12.8. The quantitative estimate of drug-likeness (QED) is 0.664. The van der Waals surface area contributed by atoms with Crippen molar-refractivity contribution in [3.63, 3.8) is 0 Å². The van der Waals surface area contributed by atoms with Gasteiger partial charge in [0.05, 0.1) is 19.3 Å². The Morgan fingerprint density at radius 2 is 1.73 bits per heavy atom. The molecule has 0 bridgehead atoms. The second kappa shape index (κ2) is 8.62. The van der Waals surface area contributed by atoms with E-state index in [2.05, 4.69) is 15.5 Å². The first kappa shape index (κ1) is 17.4. The van der Waals surface area contributed by atoms with Crippen LogP contribution in [0.25, 0.3) is 11.3 Å². The molecule has 1 amide bonds. The van der Waals surface area contributed by atoms with Gasteiger partial charge < -0.3 is 14.8 Å². The summed E-state index contributed by atoms with van der Waals surface area (Å²) in [4.78, 5) is 12.0. The molecule has 1 heterocycles. The van der Waals surface area contributed by atoms with Gasteiger partial charge >= 0.3 is 0 Å². The van der Waals surface area contributed by atoms with Gasteiger partial charge in [0.1, 0.15) is 12.4 Å². The van der Waals surface area contributed by atoms with Crippen LogP contribution in [0, 0.1) is 0 Å². The highest BCUT2D eigenvalue weighted by atomic mass is 16.5. The average Bonchev–Trinajstić information content (AvgIpc) is 2.72. The summed E-state index contributed by atoms with van der Waals surface area (Å²) in [5.74, 6) is 0.965. The standard InChI is InChI=1S/C20H19N3O3/c1-25-17-9-7-16(8-10-17)20(24)21-13-14-26-19-12-11-18(22-23-19)15-5-3-2-4-6-15/h2-12H,13-14H2,1H3,(H,21,24). The predicted molar refractivity (Wildman–Crippen MR) is 98.3 cm³/mol. The Hall–Kier alpha value is -3.41. The van der Waals surface area contributed by atoms with E-state index in [4.69, 9.17) is 9.47 Å². The average molecular weight is 349 g/mol. The number of nitrogens with one attached hydrogen (secondary N) is 1. The Morgan fingerprint density at radius 1 is 0.962 bits per heavy atom. The molecule has 26 heavy (non-hydrogen) atoms. The number of carbonyl (C=O) groups excluding carboxylic acids is 1. The van der Waals surface area contributed by atoms with Crippen LogP contribution in [0.2, 0.25) is 0 Å². The second-order valence-electron chi connectivity index (χ2n) is 5.46. The van der Waals surface area contributed by atoms with Crippen molar-refractivity contribution in [1.29, 1.82) is 0 Å². The van der Waals surface area contributed by atoms with E-state index < -0.39 is 0 Å². The number of aromatic nitrogens is 2. The van der Waals surface area contributed by atoms with E-state index in [1.54, 1.807) is 37.4 Å². The normalized spacial score (nSPS) is 10.2. The van der Waals surface area contributed by atoms with Crippen LogP contribution >= 0.6 is 0 Å². The summed E-state index contributed by atoms with van der Waals surface area (Å²) in [6.07, 6.45) is 0. The third kappa shape index (κ3) is 4.57. The van der Waals surface area contributed by atoms with Crippen molar-refractivity contribution < 1.29 is 14.3 Å². The summed E-state index contributed by atoms with van der Waals surface area (Å²) >= 11 is 0. The van der Waals surface area contributed by atoms with Gasteiger partial charge in [0.15, 0.2) is 0 Å². The molecule has 0 radical (unpaired) electrons. The highest BCUT2D eigenvalue weighted by Crippen LogP contribution is 2.17. The number of hydrogen-bond acceptors (Lipinski definition) is 5. The van der Waals surface area contributed by atoms with Crippen molar-refractivity contribution in [3.8, 4) is 22.9 Å². The largest absolute Gasteiger partial charge is 0.497 e. The van der Waals surface area contributed by atoms with E-state index in [0.717, 1.165) is 11.3 Å². The van der Waals surface area contributed by atoms with Crippen molar-refractivity contribution in [2.75, 3.05) is 20.3 Å². The molecule has 3 aromatic rings. The number of ether oxygens (including phenoxy) is 2. The van der Waals surface area contributed by atoms with Gasteiger partial charge in [0.25, 0.3) is 5.91 Å². The molecule has 1 N–H and O–H groups in total. The molecule has 0 saturated carbocycles. The molecule has 0 atom stereocenters. The Bertz CT molecular complexity index is 834. The van der Waals surface area contributed by atoms with Crippen molar-refractivity contribution in [1.82, 2.24) is 15.5 Å². The molecule has 6 heteroatoms. The van der Waals surface area contributed by atoms with E-state index >= 15 is 0 Å². The third-order valence-corrected chi connectivity index (χ3v) is 3.70. The van der Waals surface area contributed by atoms with E-state index in [0.29, 0.717) is 30.3 Å². The summed E-state index contributed by atoms with van der Waals surface area (Å²) in [5.41, 5.74) is 2.35. The maximum absolute atomic E-state index is 12.0. The van der Waals surface area contributed by atoms with Crippen molar-refractivity contribution in [3.05, 3.63) is 72.3 Å². The lowest BCUT2D eigenvalue weighted by Gasteiger charge is -2.08. The summed E-state index contributed by atoms with van der Waals surface area (Å²) < 4.78 is 10.6. The van der Waals surface area contributed by atoms with Gasteiger partial charge in [-0.1, -0.05) is 30.3 Å². The lowest BCUT2D eigenvalue weighted by Crippen LogP contribution is -2.28. The van der Waals surface area contributed by atoms with Crippen LogP contribution in [0.5, 0.6) is 11.6 Å². The first-order valence-corrected chi connectivity index (χ1v) is 8.20. The van der Waals surface area contributed by atoms with E-state index in [9.17, 15) is 4.79 Å². The third-order valence-electron chi connectivity index (χ3n) is 3.70. The predicted octanol–water partition coefficient (Wildman–Crippen LogP) is 2.96. The maximum Gasteiger partial charge on any atom is 0.251 e. The minimum atomic E-state index is -0.165. The SMILES string of the molecule is COc1ccc(C(=O)NCCOc2ccc(-c3ccccc3)nn2)cc1. The molecule has 0 fully saturated rings. The zero-order chi connectivity index (χ0) is 18.2.